The molecule has 3 aliphatic heterocycles. The Morgan fingerprint density at radius 1 is 1.27 bits per heavy atom. The van der Waals surface area contributed by atoms with E-state index in [1.54, 1.807) is 0 Å². The van der Waals surface area contributed by atoms with Crippen LogP contribution in [0.5, 0.6) is 0 Å². The SMILES string of the molecule is CC(c1ccc(Br)cc1)C1OCC2(CC3CCC2CN3C)O1. The van der Waals surface area contributed by atoms with Gasteiger partial charge in [-0.2, -0.15) is 0 Å². The van der Waals surface area contributed by atoms with Crippen LogP contribution >= 0.6 is 15.9 Å². The second-order valence-electron chi connectivity index (χ2n) is 7.27. The molecule has 0 N–H and O–H groups in total. The Bertz CT molecular complexity index is 549. The summed E-state index contributed by atoms with van der Waals surface area (Å²) in [7, 11) is 2.25. The topological polar surface area (TPSA) is 21.7 Å². The molecule has 120 valence electrons. The third-order valence-corrected chi connectivity index (χ3v) is 6.48. The van der Waals surface area contributed by atoms with Crippen LogP contribution < -0.4 is 0 Å². The molecule has 2 bridgehead atoms. The van der Waals surface area contributed by atoms with Crippen molar-refractivity contribution in [2.75, 3.05) is 20.2 Å². The minimum absolute atomic E-state index is 0.0241. The summed E-state index contributed by atoms with van der Waals surface area (Å²) in [5, 5.41) is 0. The number of fused-ring (bicyclic) bond motifs is 2. The van der Waals surface area contributed by atoms with Gasteiger partial charge in [-0.15, -0.1) is 0 Å². The highest BCUT2D eigenvalue weighted by atomic mass is 79.9. The van der Waals surface area contributed by atoms with Crippen molar-refractivity contribution < 1.29 is 9.47 Å². The van der Waals surface area contributed by atoms with Crippen LogP contribution in [0.25, 0.3) is 0 Å². The fourth-order valence-corrected chi connectivity index (χ4v) is 4.73. The highest BCUT2D eigenvalue weighted by molar-refractivity contribution is 9.10. The van der Waals surface area contributed by atoms with Crippen LogP contribution in [-0.4, -0.2) is 43.0 Å². The smallest absolute Gasteiger partial charge is 0.165 e. The van der Waals surface area contributed by atoms with Gasteiger partial charge in [0.1, 0.15) is 5.60 Å². The molecule has 0 radical (unpaired) electrons. The van der Waals surface area contributed by atoms with Gasteiger partial charge in [-0.25, -0.2) is 0 Å². The summed E-state index contributed by atoms with van der Waals surface area (Å²) in [5.41, 5.74) is 1.26. The summed E-state index contributed by atoms with van der Waals surface area (Å²) in [4.78, 5) is 2.51. The Hall–Kier alpha value is -0.420. The average molecular weight is 366 g/mol. The predicted molar refractivity (Wildman–Crippen MR) is 89.9 cm³/mol. The third kappa shape index (κ3) is 2.44. The van der Waals surface area contributed by atoms with Crippen LogP contribution in [0, 0.1) is 5.92 Å². The zero-order chi connectivity index (χ0) is 15.3. The predicted octanol–water partition coefficient (Wildman–Crippen LogP) is 3.78. The molecule has 4 heteroatoms. The Morgan fingerprint density at radius 2 is 2.05 bits per heavy atom. The first-order chi connectivity index (χ1) is 10.6. The molecule has 4 aliphatic rings. The Kier molecular flexibility index (Phi) is 3.84. The van der Waals surface area contributed by atoms with Gasteiger partial charge in [0.15, 0.2) is 6.29 Å². The standard InChI is InChI=1S/C18H24BrNO2/c1-12(13-3-6-15(19)7-4-13)17-21-11-18(22-17)9-16-8-5-14(18)10-20(16)2/h3-4,6-7,12,14,16-17H,5,8-11H2,1-2H3. The molecule has 1 aromatic rings. The molecule has 0 aromatic heterocycles. The normalized spacial score (nSPS) is 39.5. The van der Waals surface area contributed by atoms with Crippen molar-refractivity contribution >= 4 is 15.9 Å². The summed E-state index contributed by atoms with van der Waals surface area (Å²) in [5.74, 6) is 0.898. The molecule has 0 amide bonds. The van der Waals surface area contributed by atoms with Crippen molar-refractivity contribution in [1.29, 1.82) is 0 Å². The van der Waals surface area contributed by atoms with Crippen molar-refractivity contribution in [2.45, 2.75) is 50.0 Å². The lowest BCUT2D eigenvalue weighted by Crippen LogP contribution is -2.60. The average Bonchev–Trinajstić information content (AvgIpc) is 2.93. The number of benzene rings is 1. The summed E-state index contributed by atoms with van der Waals surface area (Å²) in [6, 6.07) is 9.18. The van der Waals surface area contributed by atoms with Gasteiger partial charge in [0.2, 0.25) is 0 Å². The number of hydrogen-bond donors (Lipinski definition) is 0. The lowest BCUT2D eigenvalue weighted by molar-refractivity contribution is -0.162. The van der Waals surface area contributed by atoms with Gasteiger partial charge in [-0.1, -0.05) is 35.0 Å². The second kappa shape index (κ2) is 5.59. The van der Waals surface area contributed by atoms with E-state index in [1.165, 1.54) is 18.4 Å². The van der Waals surface area contributed by atoms with E-state index in [-0.39, 0.29) is 17.8 Å². The van der Waals surface area contributed by atoms with Gasteiger partial charge >= 0.3 is 0 Å². The number of halogens is 1. The molecule has 1 spiro atoms. The van der Waals surface area contributed by atoms with Crippen molar-refractivity contribution in [3.8, 4) is 0 Å². The second-order valence-corrected chi connectivity index (χ2v) is 8.19. The van der Waals surface area contributed by atoms with E-state index in [4.69, 9.17) is 9.47 Å². The number of hydrogen-bond acceptors (Lipinski definition) is 3. The first-order valence-corrected chi connectivity index (χ1v) is 9.12. The van der Waals surface area contributed by atoms with E-state index >= 15 is 0 Å². The van der Waals surface area contributed by atoms with Crippen LogP contribution in [0.3, 0.4) is 0 Å². The summed E-state index contributed by atoms with van der Waals surface area (Å²) in [6.45, 7) is 4.14. The number of piperidine rings is 2. The molecule has 3 nitrogen and oxygen atoms in total. The van der Waals surface area contributed by atoms with Gasteiger partial charge in [-0.3, -0.25) is 0 Å². The van der Waals surface area contributed by atoms with Crippen LogP contribution in [0.15, 0.2) is 28.7 Å². The Morgan fingerprint density at radius 3 is 2.68 bits per heavy atom. The molecular weight excluding hydrogens is 342 g/mol. The molecule has 22 heavy (non-hydrogen) atoms. The fraction of sp³-hybridized carbons (Fsp3) is 0.667. The van der Waals surface area contributed by atoms with Crippen molar-refractivity contribution in [3.63, 3.8) is 0 Å². The Balaban J connectivity index is 1.49. The van der Waals surface area contributed by atoms with E-state index in [0.29, 0.717) is 12.0 Å². The van der Waals surface area contributed by atoms with Gasteiger partial charge < -0.3 is 14.4 Å². The highest BCUT2D eigenvalue weighted by Gasteiger charge is 2.55. The molecule has 3 heterocycles. The van der Waals surface area contributed by atoms with E-state index < -0.39 is 0 Å². The molecule has 1 aliphatic carbocycles. The number of nitrogens with zero attached hydrogens (tertiary/aromatic N) is 1. The Labute approximate surface area is 141 Å². The maximum Gasteiger partial charge on any atom is 0.165 e. The largest absolute Gasteiger partial charge is 0.349 e. The van der Waals surface area contributed by atoms with Crippen LogP contribution in [0.2, 0.25) is 0 Å². The van der Waals surface area contributed by atoms with Gasteiger partial charge in [-0.05, 0) is 44.0 Å². The van der Waals surface area contributed by atoms with Gasteiger partial charge in [0.05, 0.1) is 6.61 Å². The molecule has 5 unspecified atom stereocenters. The van der Waals surface area contributed by atoms with Crippen molar-refractivity contribution in [3.05, 3.63) is 34.3 Å². The summed E-state index contributed by atoms with van der Waals surface area (Å²) < 4.78 is 13.8. The summed E-state index contributed by atoms with van der Waals surface area (Å²) in [6.07, 6.45) is 3.64. The molecule has 5 rings (SSSR count). The van der Waals surface area contributed by atoms with E-state index in [1.807, 2.05) is 0 Å². The van der Waals surface area contributed by atoms with E-state index in [2.05, 4.69) is 59.1 Å². The zero-order valence-corrected chi connectivity index (χ0v) is 14.9. The summed E-state index contributed by atoms with van der Waals surface area (Å²) >= 11 is 3.50. The molecule has 5 atom stereocenters. The third-order valence-electron chi connectivity index (χ3n) is 5.95. The van der Waals surface area contributed by atoms with Crippen LogP contribution in [0.4, 0.5) is 0 Å². The maximum absolute atomic E-state index is 6.56. The van der Waals surface area contributed by atoms with E-state index in [0.717, 1.165) is 24.0 Å². The maximum atomic E-state index is 6.56. The molecule has 4 fully saturated rings. The first kappa shape index (κ1) is 15.1. The fourth-order valence-electron chi connectivity index (χ4n) is 4.47. The van der Waals surface area contributed by atoms with Crippen LogP contribution in [-0.2, 0) is 9.47 Å². The molecule has 1 aromatic carbocycles. The van der Waals surface area contributed by atoms with Crippen molar-refractivity contribution in [1.82, 2.24) is 4.90 Å². The van der Waals surface area contributed by atoms with Gasteiger partial charge in [0.25, 0.3) is 0 Å². The quantitative estimate of drug-likeness (QED) is 0.795. The highest BCUT2D eigenvalue weighted by Crippen LogP contribution is 2.48. The molecular formula is C18H24BrNO2. The molecule has 1 saturated carbocycles. The minimum Gasteiger partial charge on any atom is -0.349 e. The number of ether oxygens (including phenoxy) is 2. The minimum atomic E-state index is -0.106. The van der Waals surface area contributed by atoms with E-state index in [9.17, 15) is 0 Å². The molecule has 3 saturated heterocycles. The van der Waals surface area contributed by atoms with Gasteiger partial charge in [0, 0.05) is 28.9 Å². The monoisotopic (exact) mass is 365 g/mol. The van der Waals surface area contributed by atoms with Crippen LogP contribution in [0.1, 0.15) is 37.7 Å². The zero-order valence-electron chi connectivity index (χ0n) is 13.3. The van der Waals surface area contributed by atoms with Crippen molar-refractivity contribution in [2.24, 2.45) is 5.92 Å². The lowest BCUT2D eigenvalue weighted by Gasteiger charge is -2.52. The lowest BCUT2D eigenvalue weighted by atomic mass is 9.69. The first-order valence-electron chi connectivity index (χ1n) is 8.32. The number of rotatable bonds is 2.